The zero-order chi connectivity index (χ0) is 27.0. The summed E-state index contributed by atoms with van der Waals surface area (Å²) in [5.74, 6) is -1.19. The second-order valence-electron chi connectivity index (χ2n) is 9.90. The first-order chi connectivity index (χ1) is 16.9. The number of esters is 1. The third-order valence-corrected chi connectivity index (χ3v) is 6.13. The molecule has 36 heavy (non-hydrogen) atoms. The van der Waals surface area contributed by atoms with Crippen LogP contribution in [0.25, 0.3) is 0 Å². The number of nitrogens with one attached hydrogen (secondary N) is 2. The Morgan fingerprint density at radius 2 is 1.83 bits per heavy atom. The van der Waals surface area contributed by atoms with Crippen molar-refractivity contribution in [2.24, 2.45) is 0 Å². The maximum atomic E-state index is 13.8. The largest absolute Gasteiger partial charge is 0.466 e. The van der Waals surface area contributed by atoms with Crippen LogP contribution in [0, 0.1) is 13.8 Å². The van der Waals surface area contributed by atoms with E-state index < -0.39 is 41.6 Å². The van der Waals surface area contributed by atoms with E-state index in [-0.39, 0.29) is 31.4 Å². The van der Waals surface area contributed by atoms with Crippen LogP contribution >= 0.6 is 12.6 Å². The highest BCUT2D eigenvalue weighted by Crippen LogP contribution is 2.37. The standard InChI is InChI=1S/C26H39N3O6S/c1-7-34-21(30)13-14-27-23(31)22(19-10-8-9-16(2)17(19)3)29(18-11-12-18)24(32)20(15-36)28-25(33)35-26(4,5)6/h8-10,18,20,22,36H,7,11-15H2,1-6H3,(H,27,31)(H,28,33). The number of thiol groups is 1. The van der Waals surface area contributed by atoms with E-state index in [1.807, 2.05) is 32.0 Å². The van der Waals surface area contributed by atoms with E-state index in [1.165, 1.54) is 0 Å². The lowest BCUT2D eigenvalue weighted by atomic mass is 9.95. The molecule has 1 aliphatic rings. The first-order valence-corrected chi connectivity index (χ1v) is 12.9. The quantitative estimate of drug-likeness (QED) is 0.304. The third kappa shape index (κ3) is 8.43. The fourth-order valence-electron chi connectivity index (χ4n) is 3.79. The molecule has 2 rings (SSSR count). The first-order valence-electron chi connectivity index (χ1n) is 12.3. The Morgan fingerprint density at radius 1 is 1.17 bits per heavy atom. The number of hydrogen-bond donors (Lipinski definition) is 3. The Morgan fingerprint density at radius 3 is 2.39 bits per heavy atom. The summed E-state index contributed by atoms with van der Waals surface area (Å²) in [4.78, 5) is 53.1. The van der Waals surface area contributed by atoms with Gasteiger partial charge in [-0.1, -0.05) is 18.2 Å². The van der Waals surface area contributed by atoms with Crippen LogP contribution in [0.2, 0.25) is 0 Å². The molecule has 3 amide bonds. The van der Waals surface area contributed by atoms with E-state index >= 15 is 0 Å². The number of carbonyl (C=O) groups excluding carboxylic acids is 4. The molecule has 1 fully saturated rings. The zero-order valence-electron chi connectivity index (χ0n) is 22.1. The second-order valence-corrected chi connectivity index (χ2v) is 10.3. The van der Waals surface area contributed by atoms with E-state index in [0.29, 0.717) is 5.56 Å². The minimum absolute atomic E-state index is 0.0237. The lowest BCUT2D eigenvalue weighted by molar-refractivity contribution is -0.144. The Hall–Kier alpha value is -2.75. The van der Waals surface area contributed by atoms with Crippen LogP contribution in [-0.4, -0.2) is 65.4 Å². The van der Waals surface area contributed by atoms with Crippen LogP contribution in [0.1, 0.15) is 69.7 Å². The average molecular weight is 522 g/mol. The number of alkyl carbamates (subject to hydrolysis) is 1. The second kappa shape index (κ2) is 13.0. The molecule has 0 heterocycles. The van der Waals surface area contributed by atoms with E-state index in [1.54, 1.807) is 32.6 Å². The first kappa shape index (κ1) is 29.5. The van der Waals surface area contributed by atoms with Crippen molar-refractivity contribution >= 4 is 36.5 Å². The predicted octanol–water partition coefficient (Wildman–Crippen LogP) is 3.23. The van der Waals surface area contributed by atoms with Crippen molar-refractivity contribution in [3.63, 3.8) is 0 Å². The summed E-state index contributed by atoms with van der Waals surface area (Å²) in [6.07, 6.45) is 0.785. The van der Waals surface area contributed by atoms with Gasteiger partial charge in [0.05, 0.1) is 13.0 Å². The summed E-state index contributed by atoms with van der Waals surface area (Å²) in [6.45, 7) is 11.1. The van der Waals surface area contributed by atoms with Crippen molar-refractivity contribution in [2.45, 2.75) is 84.5 Å². The van der Waals surface area contributed by atoms with Gasteiger partial charge in [0.1, 0.15) is 17.7 Å². The van der Waals surface area contributed by atoms with Crippen LogP contribution in [0.5, 0.6) is 0 Å². The maximum Gasteiger partial charge on any atom is 0.408 e. The molecule has 0 spiro atoms. The van der Waals surface area contributed by atoms with Crippen molar-refractivity contribution in [1.82, 2.24) is 15.5 Å². The van der Waals surface area contributed by atoms with Gasteiger partial charge in [0.25, 0.3) is 0 Å². The van der Waals surface area contributed by atoms with Crippen LogP contribution < -0.4 is 10.6 Å². The van der Waals surface area contributed by atoms with E-state index in [4.69, 9.17) is 9.47 Å². The summed E-state index contributed by atoms with van der Waals surface area (Å²) in [5, 5.41) is 5.41. The summed E-state index contributed by atoms with van der Waals surface area (Å²) >= 11 is 4.30. The van der Waals surface area contributed by atoms with Gasteiger partial charge < -0.3 is 25.0 Å². The summed E-state index contributed by atoms with van der Waals surface area (Å²) in [7, 11) is 0. The van der Waals surface area contributed by atoms with Gasteiger partial charge in [0.2, 0.25) is 11.8 Å². The van der Waals surface area contributed by atoms with Gasteiger partial charge in [-0.05, 0) is 71.1 Å². The Bertz CT molecular complexity index is 957. The molecule has 10 heteroatoms. The molecule has 0 bridgehead atoms. The number of aryl methyl sites for hydroxylation is 1. The van der Waals surface area contributed by atoms with Crippen LogP contribution in [0.15, 0.2) is 18.2 Å². The third-order valence-electron chi connectivity index (χ3n) is 5.77. The molecule has 0 aromatic heterocycles. The number of hydrogen-bond acceptors (Lipinski definition) is 7. The van der Waals surface area contributed by atoms with Crippen molar-refractivity contribution in [1.29, 1.82) is 0 Å². The van der Waals surface area contributed by atoms with Gasteiger partial charge in [-0.25, -0.2) is 4.79 Å². The molecule has 2 N–H and O–H groups in total. The normalized spacial score (nSPS) is 14.9. The highest BCUT2D eigenvalue weighted by molar-refractivity contribution is 7.80. The molecule has 1 aliphatic carbocycles. The van der Waals surface area contributed by atoms with Gasteiger partial charge in [-0.3, -0.25) is 14.4 Å². The molecule has 9 nitrogen and oxygen atoms in total. The van der Waals surface area contributed by atoms with Crippen molar-refractivity contribution in [2.75, 3.05) is 18.9 Å². The summed E-state index contributed by atoms with van der Waals surface area (Å²) in [6, 6.07) is 3.55. The molecular weight excluding hydrogens is 482 g/mol. The van der Waals surface area contributed by atoms with Crippen LogP contribution in [-0.2, 0) is 23.9 Å². The smallest absolute Gasteiger partial charge is 0.408 e. The lowest BCUT2D eigenvalue weighted by Crippen LogP contribution is -2.54. The Kier molecular flexibility index (Phi) is 10.6. The molecule has 2 unspecified atom stereocenters. The Labute approximate surface area is 219 Å². The zero-order valence-corrected chi connectivity index (χ0v) is 22.9. The molecule has 0 aliphatic heterocycles. The monoisotopic (exact) mass is 521 g/mol. The molecule has 0 saturated heterocycles. The highest BCUT2D eigenvalue weighted by atomic mass is 32.1. The minimum Gasteiger partial charge on any atom is -0.466 e. The SMILES string of the molecule is CCOC(=O)CCNC(=O)C(c1cccc(C)c1C)N(C(=O)C(CS)NC(=O)OC(C)(C)C)C1CC1. The lowest BCUT2D eigenvalue weighted by Gasteiger charge is -2.35. The van der Waals surface area contributed by atoms with Crippen LogP contribution in [0.4, 0.5) is 4.79 Å². The van der Waals surface area contributed by atoms with Crippen molar-refractivity contribution in [3.8, 4) is 0 Å². The number of nitrogens with zero attached hydrogens (tertiary/aromatic N) is 1. The molecular formula is C26H39N3O6S. The summed E-state index contributed by atoms with van der Waals surface area (Å²) < 4.78 is 10.3. The van der Waals surface area contributed by atoms with Gasteiger partial charge in [-0.15, -0.1) is 0 Å². The Balaban J connectivity index is 2.36. The molecule has 200 valence electrons. The fourth-order valence-corrected chi connectivity index (χ4v) is 4.04. The number of carbonyl (C=O) groups is 4. The number of benzene rings is 1. The highest BCUT2D eigenvalue weighted by Gasteiger charge is 2.44. The van der Waals surface area contributed by atoms with E-state index in [9.17, 15) is 19.2 Å². The van der Waals surface area contributed by atoms with Gasteiger partial charge in [0.15, 0.2) is 0 Å². The number of ether oxygens (including phenoxy) is 2. The molecule has 1 saturated carbocycles. The molecule has 1 aromatic rings. The average Bonchev–Trinajstić information content (AvgIpc) is 3.61. The fraction of sp³-hybridized carbons (Fsp3) is 0.615. The molecule has 0 radical (unpaired) electrons. The minimum atomic E-state index is -0.983. The van der Waals surface area contributed by atoms with E-state index in [0.717, 1.165) is 24.0 Å². The van der Waals surface area contributed by atoms with Gasteiger partial charge in [-0.2, -0.15) is 12.6 Å². The van der Waals surface area contributed by atoms with Gasteiger partial charge >= 0.3 is 12.1 Å². The maximum absolute atomic E-state index is 13.8. The topological polar surface area (TPSA) is 114 Å². The summed E-state index contributed by atoms with van der Waals surface area (Å²) in [5.41, 5.74) is 1.84. The predicted molar refractivity (Wildman–Crippen MR) is 140 cm³/mol. The van der Waals surface area contributed by atoms with Gasteiger partial charge in [0, 0.05) is 18.3 Å². The number of amides is 3. The number of rotatable bonds is 11. The van der Waals surface area contributed by atoms with Crippen molar-refractivity contribution < 1.29 is 28.7 Å². The van der Waals surface area contributed by atoms with Crippen LogP contribution in [0.3, 0.4) is 0 Å². The van der Waals surface area contributed by atoms with Crippen molar-refractivity contribution in [3.05, 3.63) is 34.9 Å². The van der Waals surface area contributed by atoms with E-state index in [2.05, 4.69) is 23.3 Å². The molecule has 1 aromatic carbocycles. The molecule has 2 atom stereocenters.